The molecular formula is C59H36N4S. The largest absolute Gasteiger partial charge is 0.309 e. The lowest BCUT2D eigenvalue weighted by atomic mass is 9.96. The molecular weight excluding hydrogens is 797 g/mol. The van der Waals surface area contributed by atoms with Crippen molar-refractivity contribution in [1.29, 1.82) is 0 Å². The third-order valence-corrected chi connectivity index (χ3v) is 13.8. The van der Waals surface area contributed by atoms with E-state index in [1.54, 1.807) is 11.3 Å². The summed E-state index contributed by atoms with van der Waals surface area (Å²) in [5, 5.41) is 9.80. The van der Waals surface area contributed by atoms with Crippen molar-refractivity contribution in [2.75, 3.05) is 0 Å². The zero-order valence-electron chi connectivity index (χ0n) is 34.5. The molecule has 0 amide bonds. The van der Waals surface area contributed by atoms with Gasteiger partial charge < -0.3 is 4.57 Å². The molecule has 0 atom stereocenters. The maximum Gasteiger partial charge on any atom is 0.165 e. The van der Waals surface area contributed by atoms with Crippen LogP contribution in [0.15, 0.2) is 218 Å². The topological polar surface area (TPSA) is 43.6 Å². The molecule has 0 radical (unpaired) electrons. The van der Waals surface area contributed by atoms with E-state index in [1.807, 2.05) is 18.2 Å². The fraction of sp³-hybridized carbons (Fsp3) is 0. The summed E-state index contributed by atoms with van der Waals surface area (Å²) in [4.78, 5) is 15.8. The molecule has 0 unspecified atom stereocenters. The van der Waals surface area contributed by atoms with Crippen LogP contribution < -0.4 is 0 Å². The molecule has 298 valence electrons. The van der Waals surface area contributed by atoms with Crippen LogP contribution in [-0.2, 0) is 0 Å². The molecule has 13 aromatic rings. The van der Waals surface area contributed by atoms with Crippen molar-refractivity contribution in [3.05, 3.63) is 218 Å². The molecule has 4 nitrogen and oxygen atoms in total. The van der Waals surface area contributed by atoms with Gasteiger partial charge in [0, 0.05) is 53.2 Å². The standard InChI is InChI=1S/C59H36N4S/c1-3-15-37(16-4-1)40-22-13-23-43(33-40)49-35-44(30-31-51(49)63-52-32-29-38-17-9-10-24-45(38)55(52)50-34-41-20-7-8-21-42(41)36-53(50)63)58-60-57(39-18-5-2-6-19-39)61-59(62-58)48-27-14-26-47-46-25-11-12-28-54(46)64-56(47)48/h1-36H. The van der Waals surface area contributed by atoms with Crippen LogP contribution in [0.25, 0.3) is 126 Å². The summed E-state index contributed by atoms with van der Waals surface area (Å²) >= 11 is 1.79. The minimum absolute atomic E-state index is 0.619. The summed E-state index contributed by atoms with van der Waals surface area (Å²) in [5.74, 6) is 1.91. The lowest BCUT2D eigenvalue weighted by molar-refractivity contribution is 1.08. The van der Waals surface area contributed by atoms with E-state index in [-0.39, 0.29) is 0 Å². The molecule has 0 aliphatic carbocycles. The van der Waals surface area contributed by atoms with Crippen molar-refractivity contribution in [3.63, 3.8) is 0 Å². The van der Waals surface area contributed by atoms with Crippen LogP contribution >= 0.6 is 11.3 Å². The average Bonchev–Trinajstić information content (AvgIpc) is 3.91. The Morgan fingerprint density at radius 1 is 0.328 bits per heavy atom. The second kappa shape index (κ2) is 14.7. The average molecular weight is 833 g/mol. The fourth-order valence-corrected chi connectivity index (χ4v) is 10.8. The van der Waals surface area contributed by atoms with Crippen LogP contribution in [-0.4, -0.2) is 19.5 Å². The molecule has 0 aliphatic rings. The number of nitrogens with zero attached hydrogens (tertiary/aromatic N) is 4. The predicted molar refractivity (Wildman–Crippen MR) is 269 cm³/mol. The van der Waals surface area contributed by atoms with Gasteiger partial charge in [-0.3, -0.25) is 0 Å². The molecule has 3 aromatic heterocycles. The van der Waals surface area contributed by atoms with E-state index in [0.29, 0.717) is 17.5 Å². The van der Waals surface area contributed by atoms with Crippen LogP contribution in [0, 0.1) is 0 Å². The highest BCUT2D eigenvalue weighted by atomic mass is 32.1. The Morgan fingerprint density at radius 3 is 1.78 bits per heavy atom. The zero-order chi connectivity index (χ0) is 42.1. The van der Waals surface area contributed by atoms with Gasteiger partial charge in [0.1, 0.15) is 0 Å². The number of benzene rings is 10. The van der Waals surface area contributed by atoms with Crippen LogP contribution in [0.4, 0.5) is 0 Å². The van der Waals surface area contributed by atoms with Gasteiger partial charge in [-0.05, 0) is 92.8 Å². The molecule has 0 saturated heterocycles. The first kappa shape index (κ1) is 36.4. The number of aromatic nitrogens is 4. The third kappa shape index (κ3) is 5.93. The number of thiophene rings is 1. The van der Waals surface area contributed by atoms with Gasteiger partial charge in [-0.15, -0.1) is 11.3 Å². The van der Waals surface area contributed by atoms with Crippen LogP contribution in [0.1, 0.15) is 0 Å². The molecule has 64 heavy (non-hydrogen) atoms. The molecule has 0 bridgehead atoms. The van der Waals surface area contributed by atoms with E-state index in [9.17, 15) is 0 Å². The highest BCUT2D eigenvalue weighted by Gasteiger charge is 2.22. The molecule has 0 aliphatic heterocycles. The second-order valence-corrected chi connectivity index (χ2v) is 17.4. The Labute approximate surface area is 373 Å². The molecule has 0 N–H and O–H groups in total. The monoisotopic (exact) mass is 832 g/mol. The predicted octanol–water partition coefficient (Wildman–Crippen LogP) is 16.0. The minimum Gasteiger partial charge on any atom is -0.309 e. The summed E-state index contributed by atoms with van der Waals surface area (Å²) in [7, 11) is 0. The maximum atomic E-state index is 5.36. The van der Waals surface area contributed by atoms with E-state index in [2.05, 4.69) is 205 Å². The number of fused-ring (bicyclic) bond motifs is 9. The molecule has 0 saturated carbocycles. The minimum atomic E-state index is 0.619. The molecule has 0 fully saturated rings. The summed E-state index contributed by atoms with van der Waals surface area (Å²) in [6, 6.07) is 78.3. The van der Waals surface area contributed by atoms with Crippen LogP contribution in [0.3, 0.4) is 0 Å². The SMILES string of the molecule is c1ccc(-c2cccc(-c3cc(-c4nc(-c5ccccc5)nc(-c5cccc6c5sc5ccccc56)n4)ccc3-n3c4cc5ccccc5cc4c4c5ccccc5ccc43)c2)cc1. The summed E-state index contributed by atoms with van der Waals surface area (Å²) in [6.45, 7) is 0. The van der Waals surface area contributed by atoms with Gasteiger partial charge in [0.2, 0.25) is 0 Å². The van der Waals surface area contributed by atoms with Crippen LogP contribution in [0.5, 0.6) is 0 Å². The van der Waals surface area contributed by atoms with E-state index in [0.717, 1.165) is 50.1 Å². The van der Waals surface area contributed by atoms with Gasteiger partial charge in [0.25, 0.3) is 0 Å². The molecule has 0 spiro atoms. The zero-order valence-corrected chi connectivity index (χ0v) is 35.3. The van der Waals surface area contributed by atoms with E-state index < -0.39 is 0 Å². The summed E-state index contributed by atoms with van der Waals surface area (Å²) < 4.78 is 4.88. The quantitative estimate of drug-likeness (QED) is 0.168. The number of rotatable bonds is 6. The highest BCUT2D eigenvalue weighted by Crippen LogP contribution is 2.43. The normalized spacial score (nSPS) is 11.8. The van der Waals surface area contributed by atoms with E-state index >= 15 is 0 Å². The first-order valence-corrected chi connectivity index (χ1v) is 22.4. The summed E-state index contributed by atoms with van der Waals surface area (Å²) in [6.07, 6.45) is 0. The molecule has 3 heterocycles. The van der Waals surface area contributed by atoms with Crippen molar-refractivity contribution >= 4 is 74.9 Å². The van der Waals surface area contributed by atoms with Gasteiger partial charge in [0.15, 0.2) is 17.5 Å². The Balaban J connectivity index is 1.09. The number of hydrogen-bond donors (Lipinski definition) is 0. The van der Waals surface area contributed by atoms with Gasteiger partial charge in [-0.2, -0.15) is 0 Å². The highest BCUT2D eigenvalue weighted by molar-refractivity contribution is 7.26. The molecule has 13 rings (SSSR count). The van der Waals surface area contributed by atoms with Gasteiger partial charge >= 0.3 is 0 Å². The van der Waals surface area contributed by atoms with Crippen LogP contribution in [0.2, 0.25) is 0 Å². The van der Waals surface area contributed by atoms with Crippen molar-refractivity contribution in [2.24, 2.45) is 0 Å². The lowest BCUT2D eigenvalue weighted by Crippen LogP contribution is -2.02. The van der Waals surface area contributed by atoms with Crippen molar-refractivity contribution < 1.29 is 0 Å². The van der Waals surface area contributed by atoms with Gasteiger partial charge in [0.05, 0.1) is 16.7 Å². The van der Waals surface area contributed by atoms with E-state index in [1.165, 1.54) is 58.1 Å². The van der Waals surface area contributed by atoms with Gasteiger partial charge in [-0.1, -0.05) is 164 Å². The van der Waals surface area contributed by atoms with Crippen molar-refractivity contribution in [1.82, 2.24) is 19.5 Å². The second-order valence-electron chi connectivity index (χ2n) is 16.4. The Morgan fingerprint density at radius 2 is 0.953 bits per heavy atom. The first-order valence-electron chi connectivity index (χ1n) is 21.6. The Hall–Kier alpha value is -8.25. The van der Waals surface area contributed by atoms with E-state index in [4.69, 9.17) is 15.0 Å². The molecule has 5 heteroatoms. The third-order valence-electron chi connectivity index (χ3n) is 12.6. The van der Waals surface area contributed by atoms with Gasteiger partial charge in [-0.25, -0.2) is 15.0 Å². The maximum absolute atomic E-state index is 5.36. The molecule has 10 aromatic carbocycles. The first-order chi connectivity index (χ1) is 31.7. The van der Waals surface area contributed by atoms with Crippen molar-refractivity contribution in [2.45, 2.75) is 0 Å². The smallest absolute Gasteiger partial charge is 0.165 e. The lowest BCUT2D eigenvalue weighted by Gasteiger charge is -2.17. The van der Waals surface area contributed by atoms with Crippen molar-refractivity contribution in [3.8, 4) is 62.1 Å². The summed E-state index contributed by atoms with van der Waals surface area (Å²) in [5.41, 5.74) is 10.7. The fourth-order valence-electron chi connectivity index (χ4n) is 9.60. The number of hydrogen-bond acceptors (Lipinski definition) is 4. The Kier molecular flexibility index (Phi) is 8.36. The Bertz CT molecular complexity index is 3960.